The lowest BCUT2D eigenvalue weighted by Gasteiger charge is -2.16. The lowest BCUT2D eigenvalue weighted by molar-refractivity contribution is 0.186. The minimum atomic E-state index is 0.123. The van der Waals surface area contributed by atoms with Crippen LogP contribution in [0.1, 0.15) is 40.5 Å². The van der Waals surface area contributed by atoms with Gasteiger partial charge in [0.05, 0.1) is 6.10 Å². The van der Waals surface area contributed by atoms with E-state index in [1.54, 1.807) is 6.07 Å². The highest BCUT2D eigenvalue weighted by atomic mass is 16.5. The zero-order valence-electron chi connectivity index (χ0n) is 11.7. The van der Waals surface area contributed by atoms with E-state index in [1.807, 2.05) is 6.92 Å². The molecule has 0 aromatic carbocycles. The van der Waals surface area contributed by atoms with Crippen LogP contribution >= 0.6 is 0 Å². The molecule has 1 unspecified atom stereocenters. The molecule has 0 saturated heterocycles. The van der Waals surface area contributed by atoms with Crippen molar-refractivity contribution in [2.45, 2.75) is 46.6 Å². The number of rotatable bonds is 7. The van der Waals surface area contributed by atoms with Crippen LogP contribution in [0.2, 0.25) is 0 Å². The summed E-state index contributed by atoms with van der Waals surface area (Å²) in [4.78, 5) is 8.21. The summed E-state index contributed by atoms with van der Waals surface area (Å²) in [5, 5.41) is 3.18. The normalized spacial score (nSPS) is 12.5. The summed E-state index contributed by atoms with van der Waals surface area (Å²) < 4.78 is 5.76. The lowest BCUT2D eigenvalue weighted by atomic mass is 10.1. The maximum Gasteiger partial charge on any atom is 0.225 e. The molecule has 0 aliphatic rings. The Morgan fingerprint density at radius 3 is 2.67 bits per heavy atom. The van der Waals surface area contributed by atoms with Crippen LogP contribution in [-0.4, -0.2) is 22.6 Å². The van der Waals surface area contributed by atoms with E-state index in [4.69, 9.17) is 10.5 Å². The fourth-order valence-corrected chi connectivity index (χ4v) is 1.76. The van der Waals surface area contributed by atoms with E-state index in [1.165, 1.54) is 0 Å². The molecule has 18 heavy (non-hydrogen) atoms. The van der Waals surface area contributed by atoms with Crippen molar-refractivity contribution in [1.29, 1.82) is 0 Å². The average Bonchev–Trinajstić information content (AvgIpc) is 2.24. The van der Waals surface area contributed by atoms with Crippen molar-refractivity contribution in [2.24, 2.45) is 5.92 Å². The van der Waals surface area contributed by atoms with E-state index in [0.717, 1.165) is 25.2 Å². The smallest absolute Gasteiger partial charge is 0.225 e. The summed E-state index contributed by atoms with van der Waals surface area (Å²) in [5.74, 6) is 2.09. The van der Waals surface area contributed by atoms with Gasteiger partial charge in [-0.1, -0.05) is 20.8 Å². The molecule has 1 atom stereocenters. The minimum Gasteiger partial charge on any atom is -0.474 e. The van der Waals surface area contributed by atoms with E-state index in [-0.39, 0.29) is 12.1 Å². The third-order valence-corrected chi connectivity index (χ3v) is 2.40. The number of nitrogens with one attached hydrogen (secondary N) is 1. The van der Waals surface area contributed by atoms with Gasteiger partial charge in [0.1, 0.15) is 5.82 Å². The first-order valence-corrected chi connectivity index (χ1v) is 6.56. The van der Waals surface area contributed by atoms with Crippen molar-refractivity contribution < 1.29 is 4.74 Å². The standard InChI is InChI=1S/C13H24N4O/c1-5-6-15-11-8-12(17-13(14)16-11)18-10(4)7-9(2)3/h8-10H,5-7H2,1-4H3,(H3,14,15,16,17). The van der Waals surface area contributed by atoms with Crippen LogP contribution in [0, 0.1) is 5.92 Å². The first kappa shape index (κ1) is 14.5. The SMILES string of the molecule is CCCNc1cc(OC(C)CC(C)C)nc(N)n1. The Balaban J connectivity index is 2.67. The Morgan fingerprint density at radius 2 is 2.06 bits per heavy atom. The van der Waals surface area contributed by atoms with Gasteiger partial charge in [-0.15, -0.1) is 0 Å². The van der Waals surface area contributed by atoms with Crippen LogP contribution in [0.3, 0.4) is 0 Å². The Labute approximate surface area is 109 Å². The van der Waals surface area contributed by atoms with Gasteiger partial charge in [-0.05, 0) is 25.7 Å². The molecular weight excluding hydrogens is 228 g/mol. The second kappa shape index (κ2) is 7.03. The third kappa shape index (κ3) is 5.21. The molecule has 0 spiro atoms. The fraction of sp³-hybridized carbons (Fsp3) is 0.692. The van der Waals surface area contributed by atoms with E-state index in [0.29, 0.717) is 11.8 Å². The molecule has 0 fully saturated rings. The van der Waals surface area contributed by atoms with Crippen LogP contribution < -0.4 is 15.8 Å². The third-order valence-electron chi connectivity index (χ3n) is 2.40. The van der Waals surface area contributed by atoms with Crippen molar-refractivity contribution in [3.8, 4) is 5.88 Å². The Morgan fingerprint density at radius 1 is 1.33 bits per heavy atom. The topological polar surface area (TPSA) is 73.1 Å². The van der Waals surface area contributed by atoms with Crippen LogP contribution in [0.5, 0.6) is 5.88 Å². The summed E-state index contributed by atoms with van der Waals surface area (Å²) in [6.45, 7) is 9.33. The Kier molecular flexibility index (Phi) is 5.68. The van der Waals surface area contributed by atoms with Crippen LogP contribution in [0.25, 0.3) is 0 Å². The number of hydrogen-bond acceptors (Lipinski definition) is 5. The maximum atomic E-state index is 5.76. The van der Waals surface area contributed by atoms with Gasteiger partial charge in [0.25, 0.3) is 0 Å². The molecule has 5 heteroatoms. The second-order valence-electron chi connectivity index (χ2n) is 4.93. The molecule has 3 N–H and O–H groups in total. The largest absolute Gasteiger partial charge is 0.474 e. The lowest BCUT2D eigenvalue weighted by Crippen LogP contribution is -2.16. The molecule has 0 aliphatic carbocycles. The molecule has 102 valence electrons. The van der Waals surface area contributed by atoms with E-state index < -0.39 is 0 Å². The maximum absolute atomic E-state index is 5.76. The summed E-state index contributed by atoms with van der Waals surface area (Å²) in [6, 6.07) is 1.79. The molecule has 1 aromatic rings. The summed E-state index contributed by atoms with van der Waals surface area (Å²) in [5.41, 5.74) is 5.67. The van der Waals surface area contributed by atoms with E-state index >= 15 is 0 Å². The first-order chi connectivity index (χ1) is 8.51. The van der Waals surface area contributed by atoms with Crippen LogP contribution in [-0.2, 0) is 0 Å². The molecule has 0 radical (unpaired) electrons. The molecule has 5 nitrogen and oxygen atoms in total. The van der Waals surface area contributed by atoms with Crippen molar-refractivity contribution in [1.82, 2.24) is 9.97 Å². The predicted octanol–water partition coefficient (Wildman–Crippen LogP) is 2.69. The van der Waals surface area contributed by atoms with Crippen molar-refractivity contribution in [3.63, 3.8) is 0 Å². The molecule has 0 amide bonds. The van der Waals surface area contributed by atoms with E-state index in [2.05, 4.69) is 36.1 Å². The molecule has 1 aromatic heterocycles. The van der Waals surface area contributed by atoms with Gasteiger partial charge in [0, 0.05) is 12.6 Å². The van der Waals surface area contributed by atoms with Gasteiger partial charge in [0.15, 0.2) is 0 Å². The average molecular weight is 252 g/mol. The number of ether oxygens (including phenoxy) is 1. The zero-order valence-corrected chi connectivity index (χ0v) is 11.7. The van der Waals surface area contributed by atoms with Gasteiger partial charge in [-0.2, -0.15) is 9.97 Å². The van der Waals surface area contributed by atoms with Crippen molar-refractivity contribution in [2.75, 3.05) is 17.6 Å². The number of hydrogen-bond donors (Lipinski definition) is 2. The number of nitrogen functional groups attached to an aromatic ring is 1. The van der Waals surface area contributed by atoms with Gasteiger partial charge in [-0.3, -0.25) is 0 Å². The van der Waals surface area contributed by atoms with Crippen molar-refractivity contribution in [3.05, 3.63) is 6.07 Å². The summed E-state index contributed by atoms with van der Waals surface area (Å²) in [6.07, 6.45) is 2.14. The van der Waals surface area contributed by atoms with Crippen LogP contribution in [0.15, 0.2) is 6.07 Å². The molecule has 0 saturated carbocycles. The number of nitrogens with two attached hydrogens (primary N) is 1. The Hall–Kier alpha value is -1.52. The molecule has 1 rings (SSSR count). The van der Waals surface area contributed by atoms with Gasteiger partial charge in [-0.25, -0.2) is 0 Å². The monoisotopic (exact) mass is 252 g/mol. The predicted molar refractivity (Wildman–Crippen MR) is 74.8 cm³/mol. The summed E-state index contributed by atoms with van der Waals surface area (Å²) in [7, 11) is 0. The van der Waals surface area contributed by atoms with Crippen molar-refractivity contribution >= 4 is 11.8 Å². The highest BCUT2D eigenvalue weighted by Crippen LogP contribution is 2.18. The number of nitrogens with zero attached hydrogens (tertiary/aromatic N) is 2. The minimum absolute atomic E-state index is 0.123. The highest BCUT2D eigenvalue weighted by molar-refractivity contribution is 5.42. The Bertz CT molecular complexity index is 368. The molecule has 1 heterocycles. The second-order valence-corrected chi connectivity index (χ2v) is 4.93. The molecule has 0 aliphatic heterocycles. The quantitative estimate of drug-likeness (QED) is 0.780. The molecular formula is C13H24N4O. The highest BCUT2D eigenvalue weighted by Gasteiger charge is 2.09. The zero-order chi connectivity index (χ0) is 13.5. The number of aromatic nitrogens is 2. The van der Waals surface area contributed by atoms with Gasteiger partial charge in [0.2, 0.25) is 11.8 Å². The first-order valence-electron chi connectivity index (χ1n) is 6.56. The fourth-order valence-electron chi connectivity index (χ4n) is 1.76. The molecule has 0 bridgehead atoms. The van der Waals surface area contributed by atoms with Crippen LogP contribution in [0.4, 0.5) is 11.8 Å². The van der Waals surface area contributed by atoms with Gasteiger partial charge < -0.3 is 15.8 Å². The van der Waals surface area contributed by atoms with E-state index in [9.17, 15) is 0 Å². The number of anilines is 2. The van der Waals surface area contributed by atoms with Gasteiger partial charge >= 0.3 is 0 Å². The summed E-state index contributed by atoms with van der Waals surface area (Å²) >= 11 is 0.